The molecule has 1 aromatic heterocycles. The van der Waals surface area contributed by atoms with Crippen LogP contribution in [0.15, 0.2) is 70.4 Å². The van der Waals surface area contributed by atoms with E-state index in [4.69, 9.17) is 0 Å². The van der Waals surface area contributed by atoms with Crippen LogP contribution in [0.5, 0.6) is 0 Å². The van der Waals surface area contributed by atoms with E-state index >= 15 is 0 Å². The monoisotopic (exact) mass is 426 g/mol. The fourth-order valence-corrected chi connectivity index (χ4v) is 3.64. The van der Waals surface area contributed by atoms with Crippen molar-refractivity contribution in [2.75, 3.05) is 0 Å². The van der Waals surface area contributed by atoms with Crippen LogP contribution in [-0.2, 0) is 0 Å². The van der Waals surface area contributed by atoms with Crippen LogP contribution in [-0.4, -0.2) is 4.98 Å². The Labute approximate surface area is 166 Å². The molecule has 1 heterocycles. The Morgan fingerprint density at radius 1 is 1.07 bits per heavy atom. The predicted octanol–water partition coefficient (Wildman–Crippen LogP) is 6.63. The second-order valence-corrected chi connectivity index (χ2v) is 7.63. The van der Waals surface area contributed by atoms with Crippen LogP contribution in [0.25, 0.3) is 0 Å². The molecule has 138 valence electrons. The minimum atomic E-state index is -0.814. The van der Waals surface area contributed by atoms with Gasteiger partial charge in [-0.3, -0.25) is 0 Å². The van der Waals surface area contributed by atoms with E-state index in [9.17, 15) is 9.30 Å². The highest BCUT2D eigenvalue weighted by atomic mass is 79.9. The molecule has 3 rings (SSSR count). The van der Waals surface area contributed by atoms with Crippen molar-refractivity contribution in [2.24, 2.45) is 5.18 Å². The molecule has 5 heteroatoms. The standard InChI is InChI=1S/C22H20BrFN2O/c1-14-11-20(22(24)25-13-14)21(26-27)12-19(16-7-9-17(23)10-8-16)18-6-4-3-5-15(18)2/h3-11,13,19,21H,12H2,1-2H3. The van der Waals surface area contributed by atoms with E-state index in [1.807, 2.05) is 56.3 Å². The molecule has 3 aromatic rings. The molecule has 27 heavy (non-hydrogen) atoms. The first-order chi connectivity index (χ1) is 13.0. The summed E-state index contributed by atoms with van der Waals surface area (Å²) in [6.07, 6.45) is 1.83. The third-order valence-electron chi connectivity index (χ3n) is 4.78. The maximum atomic E-state index is 14.3. The second-order valence-electron chi connectivity index (χ2n) is 6.71. The molecule has 0 aliphatic rings. The third kappa shape index (κ3) is 4.48. The van der Waals surface area contributed by atoms with Crippen LogP contribution >= 0.6 is 15.9 Å². The zero-order valence-corrected chi connectivity index (χ0v) is 16.8. The lowest BCUT2D eigenvalue weighted by Crippen LogP contribution is -2.10. The lowest BCUT2D eigenvalue weighted by molar-refractivity contribution is 0.517. The number of pyridine rings is 1. The molecule has 0 fully saturated rings. The first-order valence-electron chi connectivity index (χ1n) is 8.75. The Morgan fingerprint density at radius 3 is 2.44 bits per heavy atom. The maximum absolute atomic E-state index is 14.3. The van der Waals surface area contributed by atoms with E-state index in [1.54, 1.807) is 6.07 Å². The van der Waals surface area contributed by atoms with E-state index in [0.29, 0.717) is 6.42 Å². The second kappa shape index (κ2) is 8.53. The summed E-state index contributed by atoms with van der Waals surface area (Å²) in [5, 5.41) is 3.26. The number of nitrogens with zero attached hydrogens (tertiary/aromatic N) is 2. The van der Waals surface area contributed by atoms with E-state index in [1.165, 1.54) is 6.20 Å². The van der Waals surface area contributed by atoms with Gasteiger partial charge >= 0.3 is 0 Å². The predicted molar refractivity (Wildman–Crippen MR) is 109 cm³/mol. The molecule has 0 amide bonds. The molecule has 0 bridgehead atoms. The zero-order chi connectivity index (χ0) is 19.4. The van der Waals surface area contributed by atoms with Crippen LogP contribution in [0.1, 0.15) is 46.2 Å². The van der Waals surface area contributed by atoms with Gasteiger partial charge in [-0.15, -0.1) is 0 Å². The van der Waals surface area contributed by atoms with E-state index in [-0.39, 0.29) is 11.5 Å². The Morgan fingerprint density at radius 2 is 1.78 bits per heavy atom. The number of benzene rings is 2. The summed E-state index contributed by atoms with van der Waals surface area (Å²) in [6, 6.07) is 16.9. The molecule has 2 atom stereocenters. The van der Waals surface area contributed by atoms with E-state index < -0.39 is 12.0 Å². The molecule has 0 radical (unpaired) electrons. The van der Waals surface area contributed by atoms with Crippen LogP contribution in [0.3, 0.4) is 0 Å². The van der Waals surface area contributed by atoms with Gasteiger partial charge in [0.25, 0.3) is 0 Å². The van der Waals surface area contributed by atoms with Gasteiger partial charge in [-0.05, 0) is 60.7 Å². The van der Waals surface area contributed by atoms with Crippen molar-refractivity contribution >= 4 is 15.9 Å². The van der Waals surface area contributed by atoms with Gasteiger partial charge in [0, 0.05) is 22.2 Å². The average Bonchev–Trinajstić information content (AvgIpc) is 2.67. The highest BCUT2D eigenvalue weighted by molar-refractivity contribution is 9.10. The molecule has 0 aliphatic carbocycles. The minimum absolute atomic E-state index is 0.0816. The van der Waals surface area contributed by atoms with E-state index in [2.05, 4.69) is 32.2 Å². The van der Waals surface area contributed by atoms with Crippen molar-refractivity contribution in [1.29, 1.82) is 0 Å². The molecule has 0 N–H and O–H groups in total. The van der Waals surface area contributed by atoms with Gasteiger partial charge in [0.2, 0.25) is 5.95 Å². The van der Waals surface area contributed by atoms with Crippen LogP contribution in [0, 0.1) is 24.7 Å². The first kappa shape index (κ1) is 19.4. The Kier molecular flexibility index (Phi) is 6.11. The minimum Gasteiger partial charge on any atom is -0.228 e. The smallest absolute Gasteiger partial charge is 0.218 e. The molecule has 2 unspecified atom stereocenters. The number of halogens is 2. The molecule has 0 spiro atoms. The molecular weight excluding hydrogens is 407 g/mol. The van der Waals surface area contributed by atoms with Gasteiger partial charge < -0.3 is 0 Å². The van der Waals surface area contributed by atoms with Gasteiger partial charge in [0.15, 0.2) is 0 Å². The number of nitroso groups, excluding NO2 is 1. The van der Waals surface area contributed by atoms with Crippen molar-refractivity contribution in [2.45, 2.75) is 32.2 Å². The molecule has 0 saturated carbocycles. The zero-order valence-electron chi connectivity index (χ0n) is 15.2. The summed E-state index contributed by atoms with van der Waals surface area (Å²) in [4.78, 5) is 15.4. The molecule has 3 nitrogen and oxygen atoms in total. The normalized spacial score (nSPS) is 13.2. The number of aryl methyl sites for hydroxylation is 2. The summed E-state index contributed by atoms with van der Waals surface area (Å²) < 4.78 is 15.3. The summed E-state index contributed by atoms with van der Waals surface area (Å²) in [7, 11) is 0. The van der Waals surface area contributed by atoms with Gasteiger partial charge in [-0.2, -0.15) is 9.30 Å². The van der Waals surface area contributed by atoms with E-state index in [0.717, 1.165) is 26.7 Å². The fraction of sp³-hybridized carbons (Fsp3) is 0.227. The van der Waals surface area contributed by atoms with Crippen LogP contribution in [0.2, 0.25) is 0 Å². The topological polar surface area (TPSA) is 42.3 Å². The number of hydrogen-bond donors (Lipinski definition) is 0. The Hall–Kier alpha value is -2.40. The van der Waals surface area contributed by atoms with Crippen LogP contribution < -0.4 is 0 Å². The Balaban J connectivity index is 2.04. The van der Waals surface area contributed by atoms with Gasteiger partial charge in [0.05, 0.1) is 0 Å². The van der Waals surface area contributed by atoms with Crippen LogP contribution in [0.4, 0.5) is 4.39 Å². The number of hydrogen-bond acceptors (Lipinski definition) is 3. The van der Waals surface area contributed by atoms with Crippen molar-refractivity contribution in [1.82, 2.24) is 4.98 Å². The van der Waals surface area contributed by atoms with Gasteiger partial charge in [-0.25, -0.2) is 4.98 Å². The van der Waals surface area contributed by atoms with Crippen molar-refractivity contribution in [3.8, 4) is 0 Å². The fourth-order valence-electron chi connectivity index (χ4n) is 3.37. The number of aromatic nitrogens is 1. The van der Waals surface area contributed by atoms with Gasteiger partial charge in [0.1, 0.15) is 6.04 Å². The summed E-state index contributed by atoms with van der Waals surface area (Å²) >= 11 is 3.46. The third-order valence-corrected chi connectivity index (χ3v) is 5.31. The van der Waals surface area contributed by atoms with Crippen molar-refractivity contribution in [3.05, 3.63) is 104 Å². The average molecular weight is 427 g/mol. The maximum Gasteiger partial charge on any atom is 0.218 e. The molecule has 2 aromatic carbocycles. The highest BCUT2D eigenvalue weighted by Crippen LogP contribution is 2.38. The summed E-state index contributed by atoms with van der Waals surface area (Å²) in [5.41, 5.74) is 4.34. The first-order valence-corrected chi connectivity index (χ1v) is 9.54. The summed E-state index contributed by atoms with van der Waals surface area (Å²) in [5.74, 6) is -0.716. The number of rotatable bonds is 6. The quantitative estimate of drug-likeness (QED) is 0.327. The van der Waals surface area contributed by atoms with Gasteiger partial charge in [-0.1, -0.05) is 57.5 Å². The molecule has 0 aliphatic heterocycles. The molecular formula is C22H20BrFN2O. The Bertz CT molecular complexity index is 943. The highest BCUT2D eigenvalue weighted by Gasteiger charge is 2.25. The SMILES string of the molecule is Cc1cnc(F)c(C(CC(c2ccc(Br)cc2)c2ccccc2C)N=O)c1. The lowest BCUT2D eigenvalue weighted by atomic mass is 9.82. The lowest BCUT2D eigenvalue weighted by Gasteiger charge is -2.23. The van der Waals surface area contributed by atoms with Crippen molar-refractivity contribution in [3.63, 3.8) is 0 Å². The largest absolute Gasteiger partial charge is 0.228 e. The summed E-state index contributed by atoms with van der Waals surface area (Å²) in [6.45, 7) is 3.87. The molecule has 0 saturated heterocycles. The van der Waals surface area contributed by atoms with Crippen molar-refractivity contribution < 1.29 is 4.39 Å².